The van der Waals surface area contributed by atoms with E-state index in [9.17, 15) is 0 Å². The largest absolute Gasteiger partial charge is 0.337 e. The zero-order valence-electron chi connectivity index (χ0n) is 7.12. The summed E-state index contributed by atoms with van der Waals surface area (Å²) in [5.74, 6) is 0. The molecule has 1 aliphatic rings. The van der Waals surface area contributed by atoms with Crippen LogP contribution in [0.15, 0.2) is 34.3 Å². The Hall–Kier alpha value is -0.800. The van der Waals surface area contributed by atoms with Gasteiger partial charge in [-0.3, -0.25) is 0 Å². The summed E-state index contributed by atoms with van der Waals surface area (Å²) in [5.41, 5.74) is 1.19. The van der Waals surface area contributed by atoms with E-state index < -0.39 is 0 Å². The van der Waals surface area contributed by atoms with Crippen molar-refractivity contribution in [3.63, 3.8) is 0 Å². The number of nitrogens with one attached hydrogen (secondary N) is 1. The van der Waals surface area contributed by atoms with Gasteiger partial charge in [-0.25, -0.2) is 4.99 Å². The van der Waals surface area contributed by atoms with E-state index in [-0.39, 0.29) is 6.04 Å². The van der Waals surface area contributed by atoms with Crippen LogP contribution in [-0.2, 0) is 0 Å². The summed E-state index contributed by atoms with van der Waals surface area (Å²) < 4.78 is 0. The molecule has 0 aromatic carbocycles. The fraction of sp³-hybridized carbons (Fsp3) is 0.222. The van der Waals surface area contributed by atoms with Crippen LogP contribution in [0.4, 0.5) is 0 Å². The summed E-state index contributed by atoms with van der Waals surface area (Å²) in [6, 6.07) is 4.21. The Bertz CT molecular complexity index is 354. The highest BCUT2D eigenvalue weighted by molar-refractivity contribution is 7.10. The van der Waals surface area contributed by atoms with Crippen LogP contribution in [0.25, 0.3) is 0 Å². The van der Waals surface area contributed by atoms with Gasteiger partial charge in [0.1, 0.15) is 6.04 Å². The summed E-state index contributed by atoms with van der Waals surface area (Å²) >= 11 is 7.49. The van der Waals surface area contributed by atoms with Crippen LogP contribution in [0.2, 0.25) is 0 Å². The lowest BCUT2D eigenvalue weighted by molar-refractivity contribution is 0.833. The molecule has 0 radical (unpaired) electrons. The van der Waals surface area contributed by atoms with Crippen LogP contribution in [0.3, 0.4) is 0 Å². The monoisotopic (exact) mass is 212 g/mol. The second kappa shape index (κ2) is 3.52. The van der Waals surface area contributed by atoms with Crippen molar-refractivity contribution in [2.75, 3.05) is 0 Å². The average Bonchev–Trinajstić information content (AvgIpc) is 2.61. The first-order chi connectivity index (χ1) is 6.27. The van der Waals surface area contributed by atoms with Crippen molar-refractivity contribution < 1.29 is 0 Å². The normalized spacial score (nSPS) is 21.8. The zero-order valence-corrected chi connectivity index (χ0v) is 8.69. The highest BCUT2D eigenvalue weighted by Gasteiger charge is 2.16. The highest BCUT2D eigenvalue weighted by atomic mass is 35.5. The molecule has 0 saturated carbocycles. The van der Waals surface area contributed by atoms with E-state index in [1.165, 1.54) is 10.5 Å². The van der Waals surface area contributed by atoms with Crippen LogP contribution in [0, 0.1) is 0 Å². The third-order valence-corrected chi connectivity index (χ3v) is 3.04. The second-order valence-corrected chi connectivity index (χ2v) is 4.21. The van der Waals surface area contributed by atoms with Gasteiger partial charge in [-0.2, -0.15) is 0 Å². The molecule has 1 aromatic rings. The first-order valence-corrected chi connectivity index (χ1v) is 5.23. The van der Waals surface area contributed by atoms with Crippen LogP contribution in [-0.4, -0.2) is 5.29 Å². The zero-order chi connectivity index (χ0) is 9.26. The average molecular weight is 213 g/mol. The minimum atomic E-state index is 0.105. The lowest BCUT2D eigenvalue weighted by atomic mass is 10.1. The SMILES string of the molecule is CC1=CNC(Cl)=NC1c1cccs1. The molecule has 0 fully saturated rings. The smallest absolute Gasteiger partial charge is 0.196 e. The molecule has 2 nitrogen and oxygen atoms in total. The van der Waals surface area contributed by atoms with Gasteiger partial charge in [0.25, 0.3) is 0 Å². The quantitative estimate of drug-likeness (QED) is 0.712. The second-order valence-electron chi connectivity index (χ2n) is 2.87. The van der Waals surface area contributed by atoms with Gasteiger partial charge in [-0.05, 0) is 35.5 Å². The lowest BCUT2D eigenvalue weighted by Crippen LogP contribution is -2.18. The summed E-state index contributed by atoms with van der Waals surface area (Å²) in [6.45, 7) is 2.05. The minimum Gasteiger partial charge on any atom is -0.337 e. The highest BCUT2D eigenvalue weighted by Crippen LogP contribution is 2.30. The van der Waals surface area contributed by atoms with Gasteiger partial charge in [0, 0.05) is 11.1 Å². The number of rotatable bonds is 1. The Morgan fingerprint density at radius 2 is 2.46 bits per heavy atom. The van der Waals surface area contributed by atoms with Crippen molar-refractivity contribution in [1.29, 1.82) is 0 Å². The topological polar surface area (TPSA) is 24.4 Å². The molecule has 4 heteroatoms. The number of amidine groups is 1. The van der Waals surface area contributed by atoms with Crippen molar-refractivity contribution in [2.45, 2.75) is 13.0 Å². The molecule has 0 spiro atoms. The predicted molar refractivity (Wildman–Crippen MR) is 57.2 cm³/mol. The summed E-state index contributed by atoms with van der Waals surface area (Å²) in [7, 11) is 0. The first-order valence-electron chi connectivity index (χ1n) is 3.97. The molecular weight excluding hydrogens is 204 g/mol. The van der Waals surface area contributed by atoms with Crippen molar-refractivity contribution in [2.24, 2.45) is 4.99 Å². The fourth-order valence-electron chi connectivity index (χ4n) is 1.24. The van der Waals surface area contributed by atoms with E-state index in [0.717, 1.165) is 0 Å². The molecule has 1 aliphatic heterocycles. The number of hydrogen-bond donors (Lipinski definition) is 1. The third-order valence-electron chi connectivity index (χ3n) is 1.91. The molecule has 1 atom stereocenters. The predicted octanol–water partition coefficient (Wildman–Crippen LogP) is 2.89. The molecule has 2 heterocycles. The van der Waals surface area contributed by atoms with Crippen LogP contribution >= 0.6 is 22.9 Å². The van der Waals surface area contributed by atoms with E-state index in [1.54, 1.807) is 11.3 Å². The van der Waals surface area contributed by atoms with Gasteiger partial charge in [-0.1, -0.05) is 6.07 Å². The van der Waals surface area contributed by atoms with Gasteiger partial charge >= 0.3 is 0 Å². The molecular formula is C9H9ClN2S. The fourth-order valence-corrected chi connectivity index (χ4v) is 2.23. The van der Waals surface area contributed by atoms with Crippen molar-refractivity contribution in [3.8, 4) is 0 Å². The van der Waals surface area contributed by atoms with E-state index in [4.69, 9.17) is 11.6 Å². The first kappa shape index (κ1) is 8.78. The van der Waals surface area contributed by atoms with Gasteiger partial charge < -0.3 is 5.32 Å². The van der Waals surface area contributed by atoms with Crippen LogP contribution < -0.4 is 5.32 Å². The van der Waals surface area contributed by atoms with Gasteiger partial charge in [0.15, 0.2) is 5.29 Å². The summed E-state index contributed by atoms with van der Waals surface area (Å²) in [4.78, 5) is 5.55. The molecule has 13 heavy (non-hydrogen) atoms. The van der Waals surface area contributed by atoms with Gasteiger partial charge in [-0.15, -0.1) is 11.3 Å². The third kappa shape index (κ3) is 1.76. The van der Waals surface area contributed by atoms with Crippen molar-refractivity contribution in [1.82, 2.24) is 5.32 Å². The molecule has 0 saturated heterocycles. The molecule has 2 rings (SSSR count). The maximum Gasteiger partial charge on any atom is 0.196 e. The summed E-state index contributed by atoms with van der Waals surface area (Å²) in [6.07, 6.45) is 1.90. The maximum atomic E-state index is 5.79. The number of thiophene rings is 1. The molecule has 1 aromatic heterocycles. The molecule has 1 N–H and O–H groups in total. The molecule has 68 valence electrons. The Morgan fingerprint density at radius 1 is 1.62 bits per heavy atom. The lowest BCUT2D eigenvalue weighted by Gasteiger charge is -2.16. The number of hydrogen-bond acceptors (Lipinski definition) is 3. The number of aliphatic imine (C=N–C) groups is 1. The van der Waals surface area contributed by atoms with Crippen LogP contribution in [0.5, 0.6) is 0 Å². The Labute approximate surface area is 85.9 Å². The van der Waals surface area contributed by atoms with Gasteiger partial charge in [0.05, 0.1) is 0 Å². The Balaban J connectivity index is 2.32. The van der Waals surface area contributed by atoms with E-state index in [0.29, 0.717) is 5.29 Å². The molecule has 1 unspecified atom stereocenters. The standard InChI is InChI=1S/C9H9ClN2S/c1-6-5-11-9(10)12-8(6)7-3-2-4-13-7/h2-5,8H,1H3,(H,11,12). The maximum absolute atomic E-state index is 5.79. The van der Waals surface area contributed by atoms with E-state index in [1.807, 2.05) is 24.6 Å². The van der Waals surface area contributed by atoms with E-state index >= 15 is 0 Å². The Morgan fingerprint density at radius 3 is 3.15 bits per heavy atom. The summed E-state index contributed by atoms with van der Waals surface area (Å²) in [5, 5.41) is 5.39. The van der Waals surface area contributed by atoms with Crippen LogP contribution in [0.1, 0.15) is 17.8 Å². The molecule has 0 amide bonds. The molecule has 0 bridgehead atoms. The van der Waals surface area contributed by atoms with E-state index in [2.05, 4.69) is 16.4 Å². The van der Waals surface area contributed by atoms with Gasteiger partial charge in [0.2, 0.25) is 0 Å². The number of halogens is 1. The Kier molecular flexibility index (Phi) is 2.38. The van der Waals surface area contributed by atoms with Crippen molar-refractivity contribution >= 4 is 28.2 Å². The minimum absolute atomic E-state index is 0.105. The van der Waals surface area contributed by atoms with Crippen molar-refractivity contribution in [3.05, 3.63) is 34.2 Å². The number of nitrogens with zero attached hydrogens (tertiary/aromatic N) is 1. The molecule has 0 aliphatic carbocycles.